The summed E-state index contributed by atoms with van der Waals surface area (Å²) in [6.45, 7) is 9.93. The van der Waals surface area contributed by atoms with Gasteiger partial charge in [-0.25, -0.2) is 0 Å². The summed E-state index contributed by atoms with van der Waals surface area (Å²) in [6.07, 6.45) is 7.63. The van der Waals surface area contributed by atoms with E-state index in [4.69, 9.17) is 0 Å². The molecular formula is C12H22N2. The first-order chi connectivity index (χ1) is 6.85. The Morgan fingerprint density at radius 3 is 2.36 bits per heavy atom. The first-order valence-corrected chi connectivity index (χ1v) is 5.89. The summed E-state index contributed by atoms with van der Waals surface area (Å²) < 4.78 is 0. The molecule has 0 bridgehead atoms. The highest BCUT2D eigenvalue weighted by molar-refractivity contribution is 4.90. The van der Waals surface area contributed by atoms with E-state index in [0.717, 1.165) is 6.54 Å². The van der Waals surface area contributed by atoms with E-state index in [1.807, 2.05) is 6.08 Å². The fourth-order valence-corrected chi connectivity index (χ4v) is 2.85. The van der Waals surface area contributed by atoms with E-state index in [2.05, 4.69) is 16.8 Å². The van der Waals surface area contributed by atoms with Crippen LogP contribution in [0.15, 0.2) is 12.7 Å². The average Bonchev–Trinajstić information content (AvgIpc) is 2.24. The van der Waals surface area contributed by atoms with Gasteiger partial charge < -0.3 is 5.32 Å². The summed E-state index contributed by atoms with van der Waals surface area (Å²) in [5, 5.41) is 3.46. The van der Waals surface area contributed by atoms with Crippen LogP contribution in [0.2, 0.25) is 0 Å². The Bertz CT molecular complexity index is 184. The van der Waals surface area contributed by atoms with Crippen molar-refractivity contribution >= 4 is 0 Å². The Hall–Kier alpha value is -0.340. The van der Waals surface area contributed by atoms with Gasteiger partial charge in [0, 0.05) is 6.54 Å². The zero-order valence-corrected chi connectivity index (χ0v) is 9.10. The number of piperidine rings is 2. The van der Waals surface area contributed by atoms with Crippen LogP contribution in [-0.4, -0.2) is 37.6 Å². The minimum atomic E-state index is 0.697. The van der Waals surface area contributed by atoms with Gasteiger partial charge in [-0.05, 0) is 57.3 Å². The van der Waals surface area contributed by atoms with Crippen molar-refractivity contribution in [2.75, 3.05) is 32.7 Å². The van der Waals surface area contributed by atoms with Crippen molar-refractivity contribution in [3.8, 4) is 0 Å². The third-order valence-electron chi connectivity index (χ3n) is 3.97. The summed E-state index contributed by atoms with van der Waals surface area (Å²) in [5.74, 6) is 0. The zero-order chi connectivity index (χ0) is 9.86. The quantitative estimate of drug-likeness (QED) is 0.672. The van der Waals surface area contributed by atoms with Crippen LogP contribution < -0.4 is 5.32 Å². The predicted molar refractivity (Wildman–Crippen MR) is 60.4 cm³/mol. The van der Waals surface area contributed by atoms with Crippen LogP contribution >= 0.6 is 0 Å². The summed E-state index contributed by atoms with van der Waals surface area (Å²) in [5.41, 5.74) is 0.697. The molecule has 0 radical (unpaired) electrons. The molecule has 80 valence electrons. The van der Waals surface area contributed by atoms with E-state index >= 15 is 0 Å². The number of nitrogens with one attached hydrogen (secondary N) is 1. The molecule has 2 heteroatoms. The summed E-state index contributed by atoms with van der Waals surface area (Å²) in [6, 6.07) is 0. The number of likely N-dealkylation sites (tertiary alicyclic amines) is 1. The van der Waals surface area contributed by atoms with Gasteiger partial charge in [-0.3, -0.25) is 4.90 Å². The topological polar surface area (TPSA) is 15.3 Å². The van der Waals surface area contributed by atoms with Crippen LogP contribution in [0.1, 0.15) is 25.7 Å². The molecule has 2 fully saturated rings. The molecule has 1 spiro atoms. The number of nitrogens with zero attached hydrogens (tertiary/aromatic N) is 1. The smallest absolute Gasteiger partial charge is 0.0160 e. The molecule has 2 heterocycles. The standard InChI is InChI=1S/C12H22N2/c1-2-9-14-10-5-12(6-11-14)3-7-13-8-4-12/h2,13H,1,3-11H2. The van der Waals surface area contributed by atoms with E-state index in [0.29, 0.717) is 5.41 Å². The lowest BCUT2D eigenvalue weighted by atomic mass is 9.71. The van der Waals surface area contributed by atoms with Crippen molar-refractivity contribution in [3.05, 3.63) is 12.7 Å². The first kappa shape index (κ1) is 10.2. The lowest BCUT2D eigenvalue weighted by molar-refractivity contribution is 0.0802. The highest BCUT2D eigenvalue weighted by Gasteiger charge is 2.34. The lowest BCUT2D eigenvalue weighted by Crippen LogP contribution is -2.45. The molecule has 2 nitrogen and oxygen atoms in total. The van der Waals surface area contributed by atoms with E-state index < -0.39 is 0 Å². The minimum absolute atomic E-state index is 0.697. The second-order valence-corrected chi connectivity index (χ2v) is 4.84. The van der Waals surface area contributed by atoms with Crippen molar-refractivity contribution < 1.29 is 0 Å². The minimum Gasteiger partial charge on any atom is -0.317 e. The van der Waals surface area contributed by atoms with E-state index in [-0.39, 0.29) is 0 Å². The second kappa shape index (κ2) is 4.45. The van der Waals surface area contributed by atoms with Crippen molar-refractivity contribution in [1.29, 1.82) is 0 Å². The Labute approximate surface area is 87.4 Å². The molecule has 2 aliphatic heterocycles. The molecule has 1 N–H and O–H groups in total. The van der Waals surface area contributed by atoms with Crippen LogP contribution in [0.3, 0.4) is 0 Å². The third kappa shape index (κ3) is 2.18. The molecule has 14 heavy (non-hydrogen) atoms. The molecule has 0 amide bonds. The van der Waals surface area contributed by atoms with Gasteiger partial charge >= 0.3 is 0 Å². The Balaban J connectivity index is 1.84. The van der Waals surface area contributed by atoms with Crippen molar-refractivity contribution in [1.82, 2.24) is 10.2 Å². The van der Waals surface area contributed by atoms with E-state index in [9.17, 15) is 0 Å². The zero-order valence-electron chi connectivity index (χ0n) is 9.10. The van der Waals surface area contributed by atoms with Crippen LogP contribution in [0, 0.1) is 5.41 Å². The van der Waals surface area contributed by atoms with Gasteiger partial charge in [-0.15, -0.1) is 6.58 Å². The highest BCUT2D eigenvalue weighted by atomic mass is 15.1. The molecule has 0 aromatic rings. The molecular weight excluding hydrogens is 172 g/mol. The molecule has 0 saturated carbocycles. The fraction of sp³-hybridized carbons (Fsp3) is 0.833. The largest absolute Gasteiger partial charge is 0.317 e. The second-order valence-electron chi connectivity index (χ2n) is 4.84. The van der Waals surface area contributed by atoms with Gasteiger partial charge in [0.25, 0.3) is 0 Å². The summed E-state index contributed by atoms with van der Waals surface area (Å²) >= 11 is 0. The maximum atomic E-state index is 3.81. The Morgan fingerprint density at radius 1 is 1.14 bits per heavy atom. The lowest BCUT2D eigenvalue weighted by Gasteiger charge is -2.44. The van der Waals surface area contributed by atoms with Crippen LogP contribution in [-0.2, 0) is 0 Å². The van der Waals surface area contributed by atoms with Gasteiger partial charge in [0.05, 0.1) is 0 Å². The number of hydrogen-bond donors (Lipinski definition) is 1. The molecule has 2 aliphatic rings. The maximum absolute atomic E-state index is 3.81. The third-order valence-corrected chi connectivity index (χ3v) is 3.97. The SMILES string of the molecule is C=CCN1CCC2(CCNCC2)CC1. The van der Waals surface area contributed by atoms with Crippen molar-refractivity contribution in [2.24, 2.45) is 5.41 Å². The predicted octanol–water partition coefficient (Wildman–Crippen LogP) is 1.64. The van der Waals surface area contributed by atoms with Gasteiger partial charge in [-0.1, -0.05) is 6.08 Å². The van der Waals surface area contributed by atoms with Gasteiger partial charge in [-0.2, -0.15) is 0 Å². The Morgan fingerprint density at radius 2 is 1.79 bits per heavy atom. The maximum Gasteiger partial charge on any atom is 0.0160 e. The van der Waals surface area contributed by atoms with Crippen molar-refractivity contribution in [3.63, 3.8) is 0 Å². The van der Waals surface area contributed by atoms with Crippen LogP contribution in [0.25, 0.3) is 0 Å². The van der Waals surface area contributed by atoms with Gasteiger partial charge in [0.1, 0.15) is 0 Å². The molecule has 0 aromatic heterocycles. The molecule has 2 saturated heterocycles. The monoisotopic (exact) mass is 194 g/mol. The highest BCUT2D eigenvalue weighted by Crippen LogP contribution is 2.39. The normalized spacial score (nSPS) is 27.7. The molecule has 2 rings (SSSR count). The number of rotatable bonds is 2. The van der Waals surface area contributed by atoms with E-state index in [1.54, 1.807) is 0 Å². The molecule has 0 unspecified atom stereocenters. The van der Waals surface area contributed by atoms with Crippen LogP contribution in [0.4, 0.5) is 0 Å². The molecule has 0 atom stereocenters. The van der Waals surface area contributed by atoms with Gasteiger partial charge in [0.2, 0.25) is 0 Å². The van der Waals surface area contributed by atoms with E-state index in [1.165, 1.54) is 51.9 Å². The number of hydrogen-bond acceptors (Lipinski definition) is 2. The fourth-order valence-electron chi connectivity index (χ4n) is 2.85. The van der Waals surface area contributed by atoms with Crippen LogP contribution in [0.5, 0.6) is 0 Å². The first-order valence-electron chi connectivity index (χ1n) is 5.89. The summed E-state index contributed by atoms with van der Waals surface area (Å²) in [4.78, 5) is 2.53. The molecule has 0 aliphatic carbocycles. The molecule has 0 aromatic carbocycles. The van der Waals surface area contributed by atoms with Gasteiger partial charge in [0.15, 0.2) is 0 Å². The summed E-state index contributed by atoms with van der Waals surface area (Å²) in [7, 11) is 0. The average molecular weight is 194 g/mol. The van der Waals surface area contributed by atoms with Crippen molar-refractivity contribution in [2.45, 2.75) is 25.7 Å². The Kier molecular flexibility index (Phi) is 3.24.